The second-order valence-electron chi connectivity index (χ2n) is 6.70. The summed E-state index contributed by atoms with van der Waals surface area (Å²) in [4.78, 5) is 0. The van der Waals surface area contributed by atoms with Crippen LogP contribution in [0.1, 0.15) is 57.4 Å². The van der Waals surface area contributed by atoms with Gasteiger partial charge in [-0.15, -0.1) is 0 Å². The first-order valence-electron chi connectivity index (χ1n) is 8.22. The molecule has 118 valence electrons. The van der Waals surface area contributed by atoms with Crippen LogP contribution in [0.15, 0.2) is 18.2 Å². The maximum Gasteiger partial charge on any atom is 0.129 e. The Labute approximate surface area is 126 Å². The molecule has 2 rings (SSSR count). The summed E-state index contributed by atoms with van der Waals surface area (Å²) in [6.07, 6.45) is 9.01. The molecule has 1 aromatic rings. The Bertz CT molecular complexity index is 451. The van der Waals surface area contributed by atoms with E-state index in [4.69, 9.17) is 5.73 Å². The van der Waals surface area contributed by atoms with Gasteiger partial charge in [-0.05, 0) is 61.6 Å². The molecule has 0 spiro atoms. The van der Waals surface area contributed by atoms with Crippen LogP contribution >= 0.6 is 0 Å². The molecule has 1 fully saturated rings. The third-order valence-corrected chi connectivity index (χ3v) is 5.15. The number of rotatable bonds is 6. The summed E-state index contributed by atoms with van der Waals surface area (Å²) in [6, 6.07) is 3.90. The lowest BCUT2D eigenvalue weighted by molar-refractivity contribution is 0.148. The number of halogens is 2. The summed E-state index contributed by atoms with van der Waals surface area (Å²) >= 11 is 0. The Morgan fingerprint density at radius 2 is 1.95 bits per heavy atom. The fourth-order valence-corrected chi connectivity index (χ4v) is 3.59. The summed E-state index contributed by atoms with van der Waals surface area (Å²) < 4.78 is 26.9. The second-order valence-corrected chi connectivity index (χ2v) is 6.70. The van der Waals surface area contributed by atoms with Crippen LogP contribution in [0.5, 0.6) is 0 Å². The van der Waals surface area contributed by atoms with Crippen LogP contribution in [-0.4, -0.2) is 6.54 Å². The zero-order valence-corrected chi connectivity index (χ0v) is 13.0. The molecule has 1 aliphatic carbocycles. The van der Waals surface area contributed by atoms with E-state index in [1.807, 2.05) is 0 Å². The van der Waals surface area contributed by atoms with Gasteiger partial charge in [0.2, 0.25) is 0 Å². The molecule has 0 radical (unpaired) electrons. The molecule has 21 heavy (non-hydrogen) atoms. The van der Waals surface area contributed by atoms with E-state index in [0.29, 0.717) is 18.5 Å². The smallest absolute Gasteiger partial charge is 0.129 e. The van der Waals surface area contributed by atoms with Gasteiger partial charge in [0.15, 0.2) is 0 Å². The Kier molecular flexibility index (Phi) is 5.74. The van der Waals surface area contributed by atoms with Crippen molar-refractivity contribution in [3.05, 3.63) is 35.4 Å². The first kappa shape index (κ1) is 16.4. The van der Waals surface area contributed by atoms with Crippen LogP contribution in [0.25, 0.3) is 0 Å². The van der Waals surface area contributed by atoms with E-state index in [0.717, 1.165) is 24.8 Å². The largest absolute Gasteiger partial charge is 0.330 e. The fourth-order valence-electron chi connectivity index (χ4n) is 3.59. The van der Waals surface area contributed by atoms with Gasteiger partial charge < -0.3 is 5.73 Å². The number of benzene rings is 1. The van der Waals surface area contributed by atoms with Crippen molar-refractivity contribution >= 4 is 0 Å². The molecule has 3 heteroatoms. The molecular weight excluding hydrogens is 268 g/mol. The van der Waals surface area contributed by atoms with Crippen molar-refractivity contribution in [2.75, 3.05) is 6.54 Å². The lowest BCUT2D eigenvalue weighted by Crippen LogP contribution is -2.37. The highest BCUT2D eigenvalue weighted by Crippen LogP contribution is 2.42. The van der Waals surface area contributed by atoms with Gasteiger partial charge >= 0.3 is 0 Å². The minimum atomic E-state index is -0.513. The van der Waals surface area contributed by atoms with Crippen molar-refractivity contribution < 1.29 is 8.78 Å². The van der Waals surface area contributed by atoms with Crippen LogP contribution in [0, 0.1) is 23.0 Å². The minimum Gasteiger partial charge on any atom is -0.330 e. The van der Waals surface area contributed by atoms with Crippen molar-refractivity contribution in [2.24, 2.45) is 17.1 Å². The number of unbranched alkanes of at least 4 members (excludes halogenated alkanes) is 1. The van der Waals surface area contributed by atoms with E-state index in [9.17, 15) is 8.78 Å². The van der Waals surface area contributed by atoms with Crippen molar-refractivity contribution in [1.82, 2.24) is 0 Å². The first-order valence-corrected chi connectivity index (χ1v) is 8.22. The molecule has 0 aliphatic heterocycles. The van der Waals surface area contributed by atoms with Crippen LogP contribution in [0.2, 0.25) is 0 Å². The molecule has 0 bridgehead atoms. The molecule has 0 atom stereocenters. The molecule has 0 saturated heterocycles. The Morgan fingerprint density at radius 1 is 1.24 bits per heavy atom. The molecule has 1 nitrogen and oxygen atoms in total. The predicted molar refractivity (Wildman–Crippen MR) is 83.0 cm³/mol. The topological polar surface area (TPSA) is 26.0 Å². The molecule has 0 amide bonds. The van der Waals surface area contributed by atoms with Gasteiger partial charge in [0.05, 0.1) is 0 Å². The van der Waals surface area contributed by atoms with E-state index in [1.165, 1.54) is 38.2 Å². The van der Waals surface area contributed by atoms with Gasteiger partial charge in [0.1, 0.15) is 11.6 Å². The Balaban J connectivity index is 1.99. The van der Waals surface area contributed by atoms with Crippen molar-refractivity contribution in [1.29, 1.82) is 0 Å². The van der Waals surface area contributed by atoms with Crippen molar-refractivity contribution in [3.63, 3.8) is 0 Å². The highest BCUT2D eigenvalue weighted by atomic mass is 19.1. The van der Waals surface area contributed by atoms with Gasteiger partial charge in [-0.3, -0.25) is 0 Å². The fraction of sp³-hybridized carbons (Fsp3) is 0.667. The average molecular weight is 295 g/mol. The summed E-state index contributed by atoms with van der Waals surface area (Å²) in [5.74, 6) is -0.139. The quantitative estimate of drug-likeness (QED) is 0.799. The molecule has 2 N–H and O–H groups in total. The molecule has 0 unspecified atom stereocenters. The van der Waals surface area contributed by atoms with Gasteiger partial charge in [-0.25, -0.2) is 8.78 Å². The zero-order valence-electron chi connectivity index (χ0n) is 13.0. The zero-order chi connectivity index (χ0) is 15.3. The second kappa shape index (κ2) is 7.35. The molecular formula is C18H27F2N. The predicted octanol–water partition coefficient (Wildman–Crippen LogP) is 4.83. The van der Waals surface area contributed by atoms with Gasteiger partial charge in [0.25, 0.3) is 0 Å². The number of hydrogen-bond acceptors (Lipinski definition) is 1. The monoisotopic (exact) mass is 295 g/mol. The highest BCUT2D eigenvalue weighted by Gasteiger charge is 2.34. The summed E-state index contributed by atoms with van der Waals surface area (Å²) in [5, 5.41) is 0. The number of hydrogen-bond donors (Lipinski definition) is 1. The molecule has 1 aliphatic rings. The maximum absolute atomic E-state index is 13.9. The lowest BCUT2D eigenvalue weighted by atomic mass is 9.66. The van der Waals surface area contributed by atoms with E-state index in [1.54, 1.807) is 6.07 Å². The van der Waals surface area contributed by atoms with Crippen LogP contribution in [0.4, 0.5) is 8.78 Å². The summed E-state index contributed by atoms with van der Waals surface area (Å²) in [7, 11) is 0. The summed E-state index contributed by atoms with van der Waals surface area (Å²) in [5.41, 5.74) is 6.62. The molecule has 0 aromatic heterocycles. The highest BCUT2D eigenvalue weighted by molar-refractivity contribution is 5.20. The van der Waals surface area contributed by atoms with E-state index in [2.05, 4.69) is 6.92 Å². The SMILES string of the molecule is CCCCC1CCC(CN)(Cc2ccc(F)cc2F)CC1. The molecule has 1 saturated carbocycles. The van der Waals surface area contributed by atoms with Gasteiger partial charge in [-0.2, -0.15) is 0 Å². The standard InChI is InChI=1S/C18H27F2N/c1-2-3-4-14-7-9-18(13-21,10-8-14)12-15-5-6-16(19)11-17(15)20/h5-6,11,14H,2-4,7-10,12-13,21H2,1H3. The Morgan fingerprint density at radius 3 is 2.52 bits per heavy atom. The van der Waals surface area contributed by atoms with E-state index < -0.39 is 11.6 Å². The van der Waals surface area contributed by atoms with Gasteiger partial charge in [0, 0.05) is 6.07 Å². The average Bonchev–Trinajstić information content (AvgIpc) is 2.49. The number of nitrogens with two attached hydrogens (primary N) is 1. The minimum absolute atomic E-state index is 0.00137. The lowest BCUT2D eigenvalue weighted by Gasteiger charge is -2.40. The normalized spacial score (nSPS) is 26.0. The van der Waals surface area contributed by atoms with Gasteiger partial charge in [-0.1, -0.05) is 32.3 Å². The van der Waals surface area contributed by atoms with Crippen molar-refractivity contribution in [3.8, 4) is 0 Å². The Hall–Kier alpha value is -0.960. The van der Waals surface area contributed by atoms with E-state index in [-0.39, 0.29) is 5.41 Å². The van der Waals surface area contributed by atoms with E-state index >= 15 is 0 Å². The first-order chi connectivity index (χ1) is 10.1. The van der Waals surface area contributed by atoms with Crippen LogP contribution in [0.3, 0.4) is 0 Å². The van der Waals surface area contributed by atoms with Crippen LogP contribution < -0.4 is 5.73 Å². The third kappa shape index (κ3) is 4.26. The maximum atomic E-state index is 13.9. The third-order valence-electron chi connectivity index (χ3n) is 5.15. The molecule has 0 heterocycles. The summed E-state index contributed by atoms with van der Waals surface area (Å²) in [6.45, 7) is 2.81. The van der Waals surface area contributed by atoms with Crippen molar-refractivity contribution in [2.45, 2.75) is 58.3 Å². The van der Waals surface area contributed by atoms with Crippen LogP contribution in [-0.2, 0) is 6.42 Å². The molecule has 1 aromatic carbocycles.